The molecule has 1 aromatic rings. The fourth-order valence-corrected chi connectivity index (χ4v) is 1.43. The van der Waals surface area contributed by atoms with E-state index in [1.165, 1.54) is 5.56 Å². The van der Waals surface area contributed by atoms with E-state index < -0.39 is 0 Å². The summed E-state index contributed by atoms with van der Waals surface area (Å²) in [4.78, 5) is 15.5. The van der Waals surface area contributed by atoms with Gasteiger partial charge in [-0.2, -0.15) is 0 Å². The Kier molecular flexibility index (Phi) is 4.94. The lowest BCUT2D eigenvalue weighted by Gasteiger charge is -2.20. The Labute approximate surface area is 103 Å². The molecule has 4 heteroatoms. The highest BCUT2D eigenvalue weighted by Crippen LogP contribution is 2.00. The third-order valence-corrected chi connectivity index (χ3v) is 2.14. The van der Waals surface area contributed by atoms with Crippen LogP contribution in [0.25, 0.3) is 0 Å². The molecule has 0 atom stereocenters. The van der Waals surface area contributed by atoms with E-state index in [-0.39, 0.29) is 11.6 Å². The van der Waals surface area contributed by atoms with Gasteiger partial charge in [0.15, 0.2) is 0 Å². The van der Waals surface area contributed by atoms with Crippen molar-refractivity contribution in [3.8, 4) is 0 Å². The summed E-state index contributed by atoms with van der Waals surface area (Å²) in [5, 5.41) is 5.69. The van der Waals surface area contributed by atoms with E-state index in [9.17, 15) is 4.79 Å². The normalized spacial score (nSPS) is 11.0. The Morgan fingerprint density at radius 2 is 2.18 bits per heavy atom. The molecule has 2 amide bonds. The third-order valence-electron chi connectivity index (χ3n) is 2.14. The van der Waals surface area contributed by atoms with Crippen molar-refractivity contribution in [3.05, 3.63) is 30.1 Å². The maximum Gasteiger partial charge on any atom is 0.315 e. The Bertz CT molecular complexity index is 343. The number of pyridine rings is 1. The molecule has 1 aromatic heterocycles. The largest absolute Gasteiger partial charge is 0.338 e. The molecule has 0 aromatic carbocycles. The van der Waals surface area contributed by atoms with Crippen LogP contribution in [0.3, 0.4) is 0 Å². The molecular weight excluding hydrogens is 214 g/mol. The molecular formula is C13H21N3O. The Morgan fingerprint density at radius 3 is 2.76 bits per heavy atom. The molecule has 0 aliphatic carbocycles. The molecule has 0 aliphatic rings. The molecule has 0 aliphatic heterocycles. The lowest BCUT2D eigenvalue weighted by molar-refractivity contribution is 0.232. The van der Waals surface area contributed by atoms with E-state index in [4.69, 9.17) is 0 Å². The fraction of sp³-hybridized carbons (Fsp3) is 0.538. The molecule has 0 bridgehead atoms. The highest BCUT2D eigenvalue weighted by molar-refractivity contribution is 5.74. The summed E-state index contributed by atoms with van der Waals surface area (Å²) in [7, 11) is 0. The standard InChI is InChI=1S/C13H21N3O/c1-13(2,3)16-12(17)15-9-5-7-11-6-4-8-14-10-11/h4,6,8,10H,5,7,9H2,1-3H3,(H2,15,16,17). The van der Waals surface area contributed by atoms with Gasteiger partial charge in [-0.15, -0.1) is 0 Å². The van der Waals surface area contributed by atoms with Gasteiger partial charge < -0.3 is 10.6 Å². The number of nitrogens with one attached hydrogen (secondary N) is 2. The minimum absolute atomic E-state index is 0.108. The van der Waals surface area contributed by atoms with E-state index in [2.05, 4.69) is 15.6 Å². The van der Waals surface area contributed by atoms with Crippen LogP contribution in [-0.4, -0.2) is 23.1 Å². The molecule has 0 saturated carbocycles. The first-order valence-electron chi connectivity index (χ1n) is 5.92. The van der Waals surface area contributed by atoms with Crippen LogP contribution >= 0.6 is 0 Å². The lowest BCUT2D eigenvalue weighted by Crippen LogP contribution is -2.46. The molecule has 2 N–H and O–H groups in total. The van der Waals surface area contributed by atoms with Crippen molar-refractivity contribution >= 4 is 6.03 Å². The molecule has 17 heavy (non-hydrogen) atoms. The topological polar surface area (TPSA) is 54.0 Å². The van der Waals surface area contributed by atoms with Gasteiger partial charge in [0.1, 0.15) is 0 Å². The highest BCUT2D eigenvalue weighted by atomic mass is 16.2. The Balaban J connectivity index is 2.14. The van der Waals surface area contributed by atoms with Gasteiger partial charge in [0.05, 0.1) is 0 Å². The van der Waals surface area contributed by atoms with Crippen molar-refractivity contribution in [2.75, 3.05) is 6.54 Å². The van der Waals surface area contributed by atoms with E-state index >= 15 is 0 Å². The first-order valence-corrected chi connectivity index (χ1v) is 5.92. The summed E-state index contributed by atoms with van der Waals surface area (Å²) >= 11 is 0. The summed E-state index contributed by atoms with van der Waals surface area (Å²) in [5.74, 6) is 0. The second-order valence-corrected chi connectivity index (χ2v) is 5.10. The minimum Gasteiger partial charge on any atom is -0.338 e. The average Bonchev–Trinajstić information content (AvgIpc) is 2.23. The first-order chi connectivity index (χ1) is 7.97. The lowest BCUT2D eigenvalue weighted by atomic mass is 10.1. The van der Waals surface area contributed by atoms with Crippen LogP contribution in [0.4, 0.5) is 4.79 Å². The zero-order valence-corrected chi connectivity index (χ0v) is 10.8. The maximum atomic E-state index is 11.4. The number of carbonyl (C=O) groups is 1. The minimum atomic E-state index is -0.187. The number of aromatic nitrogens is 1. The van der Waals surface area contributed by atoms with Crippen molar-refractivity contribution in [3.63, 3.8) is 0 Å². The van der Waals surface area contributed by atoms with Crippen LogP contribution in [0.5, 0.6) is 0 Å². The number of urea groups is 1. The predicted octanol–water partition coefficient (Wildman–Crippen LogP) is 2.11. The molecule has 0 saturated heterocycles. The molecule has 0 radical (unpaired) electrons. The quantitative estimate of drug-likeness (QED) is 0.785. The van der Waals surface area contributed by atoms with Gasteiger partial charge in [-0.25, -0.2) is 4.79 Å². The second-order valence-electron chi connectivity index (χ2n) is 5.10. The summed E-state index contributed by atoms with van der Waals surface area (Å²) in [6.07, 6.45) is 5.47. The van der Waals surface area contributed by atoms with Crippen LogP contribution in [0, 0.1) is 0 Å². The SMILES string of the molecule is CC(C)(C)NC(=O)NCCCc1cccnc1. The molecule has 4 nitrogen and oxygen atoms in total. The van der Waals surface area contributed by atoms with Gasteiger partial charge in [0.25, 0.3) is 0 Å². The molecule has 0 unspecified atom stereocenters. The van der Waals surface area contributed by atoms with E-state index in [1.54, 1.807) is 6.20 Å². The van der Waals surface area contributed by atoms with Crippen LogP contribution in [-0.2, 0) is 6.42 Å². The number of carbonyl (C=O) groups excluding carboxylic acids is 1. The first kappa shape index (κ1) is 13.5. The third kappa shape index (κ3) is 6.56. The summed E-state index contributed by atoms with van der Waals surface area (Å²) < 4.78 is 0. The Morgan fingerprint density at radius 1 is 1.41 bits per heavy atom. The Hall–Kier alpha value is -1.58. The van der Waals surface area contributed by atoms with Crippen LogP contribution in [0.1, 0.15) is 32.8 Å². The van der Waals surface area contributed by atoms with Gasteiger partial charge in [0.2, 0.25) is 0 Å². The molecule has 0 spiro atoms. The number of amides is 2. The number of hydrogen-bond acceptors (Lipinski definition) is 2. The maximum absolute atomic E-state index is 11.4. The molecule has 1 rings (SSSR count). The number of aryl methyl sites for hydroxylation is 1. The molecule has 94 valence electrons. The highest BCUT2D eigenvalue weighted by Gasteiger charge is 2.12. The van der Waals surface area contributed by atoms with Crippen molar-refractivity contribution in [1.82, 2.24) is 15.6 Å². The summed E-state index contributed by atoms with van der Waals surface area (Å²) in [6, 6.07) is 3.86. The average molecular weight is 235 g/mol. The van der Waals surface area contributed by atoms with Crippen molar-refractivity contribution < 1.29 is 4.79 Å². The fourth-order valence-electron chi connectivity index (χ4n) is 1.43. The van der Waals surface area contributed by atoms with Crippen molar-refractivity contribution in [2.45, 2.75) is 39.2 Å². The zero-order chi connectivity index (χ0) is 12.7. The predicted molar refractivity (Wildman–Crippen MR) is 68.8 cm³/mol. The van der Waals surface area contributed by atoms with E-state index in [0.717, 1.165) is 12.8 Å². The number of hydrogen-bond donors (Lipinski definition) is 2. The van der Waals surface area contributed by atoms with Gasteiger partial charge in [0, 0.05) is 24.5 Å². The van der Waals surface area contributed by atoms with Crippen molar-refractivity contribution in [1.29, 1.82) is 0 Å². The molecule has 1 heterocycles. The summed E-state index contributed by atoms with van der Waals surface area (Å²) in [5.41, 5.74) is 1.01. The smallest absolute Gasteiger partial charge is 0.315 e. The molecule has 0 fully saturated rings. The van der Waals surface area contributed by atoms with E-state index in [1.807, 2.05) is 39.1 Å². The van der Waals surface area contributed by atoms with Gasteiger partial charge in [-0.3, -0.25) is 4.98 Å². The summed E-state index contributed by atoms with van der Waals surface area (Å²) in [6.45, 7) is 6.56. The monoisotopic (exact) mass is 235 g/mol. The van der Waals surface area contributed by atoms with Crippen LogP contribution in [0.2, 0.25) is 0 Å². The van der Waals surface area contributed by atoms with E-state index in [0.29, 0.717) is 6.54 Å². The van der Waals surface area contributed by atoms with Crippen molar-refractivity contribution in [2.24, 2.45) is 0 Å². The van der Waals surface area contributed by atoms with Gasteiger partial charge >= 0.3 is 6.03 Å². The van der Waals surface area contributed by atoms with Crippen LogP contribution < -0.4 is 10.6 Å². The van der Waals surface area contributed by atoms with Crippen LogP contribution in [0.15, 0.2) is 24.5 Å². The number of rotatable bonds is 4. The zero-order valence-electron chi connectivity index (χ0n) is 10.8. The van der Waals surface area contributed by atoms with Gasteiger partial charge in [-0.05, 0) is 45.2 Å². The number of nitrogens with zero attached hydrogens (tertiary/aromatic N) is 1. The second kappa shape index (κ2) is 6.23. The van der Waals surface area contributed by atoms with Gasteiger partial charge in [-0.1, -0.05) is 6.07 Å².